The second-order valence-corrected chi connectivity index (χ2v) is 4.60. The van der Waals surface area contributed by atoms with E-state index in [9.17, 15) is 0 Å². The fraction of sp³-hybridized carbons (Fsp3) is 0.0769. The fourth-order valence-corrected chi connectivity index (χ4v) is 2.32. The van der Waals surface area contributed by atoms with E-state index in [0.717, 1.165) is 5.75 Å². The van der Waals surface area contributed by atoms with Crippen molar-refractivity contribution in [3.05, 3.63) is 65.2 Å². The van der Waals surface area contributed by atoms with Crippen molar-refractivity contribution in [2.45, 2.75) is 10.6 Å². The lowest BCUT2D eigenvalue weighted by atomic mass is 10.2. The normalized spacial score (nSPS) is 10.2. The van der Waals surface area contributed by atoms with Crippen LogP contribution in [0.1, 0.15) is 5.56 Å². The average molecular weight is 234 g/mol. The van der Waals surface area contributed by atoms with Gasteiger partial charge >= 0.3 is 0 Å². The van der Waals surface area contributed by atoms with Crippen LogP contribution in [0.25, 0.3) is 0 Å². The standard InChI is InChI=1S/C13H10ClS/c14-12-6-4-5-11(9-12)10-15-13-7-2-1-3-8-13/h1-5,7-9H,10H2. The molecule has 15 heavy (non-hydrogen) atoms. The molecule has 0 amide bonds. The summed E-state index contributed by atoms with van der Waals surface area (Å²) in [5.41, 5.74) is 1.23. The molecule has 0 saturated heterocycles. The maximum atomic E-state index is 5.86. The van der Waals surface area contributed by atoms with Crippen LogP contribution in [0.3, 0.4) is 0 Å². The predicted molar refractivity (Wildman–Crippen MR) is 66.3 cm³/mol. The zero-order valence-corrected chi connectivity index (χ0v) is 9.68. The Morgan fingerprint density at radius 3 is 2.67 bits per heavy atom. The minimum absolute atomic E-state index is 0.682. The topological polar surface area (TPSA) is 0 Å². The summed E-state index contributed by atoms with van der Waals surface area (Å²) in [5, 5.41) is 0.682. The van der Waals surface area contributed by atoms with E-state index in [-0.39, 0.29) is 0 Å². The van der Waals surface area contributed by atoms with Crippen molar-refractivity contribution in [1.82, 2.24) is 0 Å². The maximum absolute atomic E-state index is 5.86. The van der Waals surface area contributed by atoms with E-state index in [1.807, 2.05) is 48.2 Å². The Morgan fingerprint density at radius 1 is 1.13 bits per heavy atom. The Kier molecular flexibility index (Phi) is 3.70. The molecule has 0 nitrogen and oxygen atoms in total. The van der Waals surface area contributed by atoms with Crippen molar-refractivity contribution in [1.29, 1.82) is 0 Å². The van der Waals surface area contributed by atoms with Crippen molar-refractivity contribution >= 4 is 23.4 Å². The highest BCUT2D eigenvalue weighted by molar-refractivity contribution is 7.98. The Labute approximate surface area is 99.3 Å². The molecule has 1 radical (unpaired) electrons. The van der Waals surface area contributed by atoms with Gasteiger partial charge in [-0.25, -0.2) is 0 Å². The Hall–Kier alpha value is -0.920. The summed E-state index contributed by atoms with van der Waals surface area (Å²) in [7, 11) is 0. The first-order chi connectivity index (χ1) is 7.34. The molecule has 2 aromatic carbocycles. The van der Waals surface area contributed by atoms with Crippen molar-refractivity contribution in [3.8, 4) is 0 Å². The van der Waals surface area contributed by atoms with Gasteiger partial charge in [-0.3, -0.25) is 0 Å². The summed E-state index contributed by atoms with van der Waals surface area (Å²) >= 11 is 7.67. The largest absolute Gasteiger partial charge is 0.121 e. The molecule has 0 aliphatic carbocycles. The quantitative estimate of drug-likeness (QED) is 0.707. The van der Waals surface area contributed by atoms with Gasteiger partial charge in [0.25, 0.3) is 0 Å². The lowest BCUT2D eigenvalue weighted by Gasteiger charge is -2.01. The minimum Gasteiger partial charge on any atom is -0.121 e. The van der Waals surface area contributed by atoms with Crippen molar-refractivity contribution < 1.29 is 0 Å². The van der Waals surface area contributed by atoms with Crippen molar-refractivity contribution in [2.75, 3.05) is 0 Å². The number of rotatable bonds is 3. The molecule has 75 valence electrons. The van der Waals surface area contributed by atoms with Gasteiger partial charge < -0.3 is 0 Å². The van der Waals surface area contributed by atoms with Gasteiger partial charge in [-0.15, -0.1) is 11.8 Å². The summed E-state index contributed by atoms with van der Waals surface area (Å²) < 4.78 is 0. The van der Waals surface area contributed by atoms with Crippen LogP contribution in [0.5, 0.6) is 0 Å². The van der Waals surface area contributed by atoms with Crippen LogP contribution in [-0.4, -0.2) is 0 Å². The number of hydrogen-bond acceptors (Lipinski definition) is 1. The van der Waals surface area contributed by atoms with E-state index in [1.54, 1.807) is 0 Å². The third-order valence-corrected chi connectivity index (χ3v) is 3.28. The lowest BCUT2D eigenvalue weighted by molar-refractivity contribution is 1.38. The second kappa shape index (κ2) is 5.24. The first-order valence-electron chi connectivity index (χ1n) is 4.68. The summed E-state index contributed by atoms with van der Waals surface area (Å²) in [5.74, 6) is 0.943. The number of benzene rings is 2. The van der Waals surface area contributed by atoms with Crippen LogP contribution in [0.15, 0.2) is 53.4 Å². The van der Waals surface area contributed by atoms with Crippen LogP contribution in [0.2, 0.25) is 5.02 Å². The minimum atomic E-state index is 0.682. The molecule has 0 N–H and O–H groups in total. The number of halogens is 1. The zero-order chi connectivity index (χ0) is 10.5. The molecule has 0 atom stereocenters. The molecule has 0 bridgehead atoms. The molecule has 0 unspecified atom stereocenters. The Balaban J connectivity index is 1.99. The Morgan fingerprint density at radius 2 is 1.93 bits per heavy atom. The first kappa shape index (κ1) is 10.6. The highest BCUT2D eigenvalue weighted by atomic mass is 35.5. The molecule has 0 aromatic heterocycles. The third kappa shape index (κ3) is 3.29. The van der Waals surface area contributed by atoms with Crippen LogP contribution in [0, 0.1) is 6.07 Å². The SMILES string of the molecule is Clc1[c]ccc(CSc2ccccc2)c1. The van der Waals surface area contributed by atoms with Gasteiger partial charge in [-0.1, -0.05) is 41.9 Å². The highest BCUT2D eigenvalue weighted by Gasteiger charge is 1.96. The second-order valence-electron chi connectivity index (χ2n) is 3.15. The highest BCUT2D eigenvalue weighted by Crippen LogP contribution is 2.23. The van der Waals surface area contributed by atoms with Gasteiger partial charge in [0.2, 0.25) is 0 Å². The van der Waals surface area contributed by atoms with E-state index in [1.165, 1.54) is 10.5 Å². The van der Waals surface area contributed by atoms with Crippen molar-refractivity contribution in [2.24, 2.45) is 0 Å². The monoisotopic (exact) mass is 233 g/mol. The van der Waals surface area contributed by atoms with Gasteiger partial charge in [0.1, 0.15) is 0 Å². The van der Waals surface area contributed by atoms with Gasteiger partial charge in [-0.2, -0.15) is 0 Å². The van der Waals surface area contributed by atoms with Gasteiger partial charge in [0.15, 0.2) is 0 Å². The lowest BCUT2D eigenvalue weighted by Crippen LogP contribution is -1.79. The molecule has 0 heterocycles. The molecule has 0 saturated carbocycles. The van der Waals surface area contributed by atoms with E-state index >= 15 is 0 Å². The number of thioether (sulfide) groups is 1. The van der Waals surface area contributed by atoms with E-state index < -0.39 is 0 Å². The molecule has 2 heteroatoms. The maximum Gasteiger partial charge on any atom is 0.0487 e. The zero-order valence-electron chi connectivity index (χ0n) is 8.11. The average Bonchev–Trinajstić information content (AvgIpc) is 2.28. The van der Waals surface area contributed by atoms with Gasteiger partial charge in [0, 0.05) is 21.7 Å². The molecule has 2 rings (SSSR count). The summed E-state index contributed by atoms with van der Waals surface area (Å²) in [6.07, 6.45) is 0. The van der Waals surface area contributed by atoms with E-state index in [4.69, 9.17) is 11.6 Å². The van der Waals surface area contributed by atoms with Gasteiger partial charge in [0.05, 0.1) is 0 Å². The van der Waals surface area contributed by atoms with Gasteiger partial charge in [-0.05, 0) is 23.8 Å². The van der Waals surface area contributed by atoms with E-state index in [0.29, 0.717) is 5.02 Å². The Bertz CT molecular complexity index is 426. The molecular formula is C13H10ClS. The summed E-state index contributed by atoms with van der Waals surface area (Å²) in [6, 6.07) is 19.1. The first-order valence-corrected chi connectivity index (χ1v) is 6.05. The molecule has 0 aliphatic heterocycles. The predicted octanol–water partition coefficient (Wildman–Crippen LogP) is 4.43. The molecule has 0 aliphatic rings. The summed E-state index contributed by atoms with van der Waals surface area (Å²) in [6.45, 7) is 0. The van der Waals surface area contributed by atoms with Crippen molar-refractivity contribution in [3.63, 3.8) is 0 Å². The smallest absolute Gasteiger partial charge is 0.0487 e. The van der Waals surface area contributed by atoms with Crippen LogP contribution < -0.4 is 0 Å². The molecule has 2 aromatic rings. The third-order valence-electron chi connectivity index (χ3n) is 1.98. The molecule has 0 spiro atoms. The van der Waals surface area contributed by atoms with Crippen LogP contribution in [0.4, 0.5) is 0 Å². The number of hydrogen-bond donors (Lipinski definition) is 0. The molecule has 0 fully saturated rings. The molecular weight excluding hydrogens is 224 g/mol. The van der Waals surface area contributed by atoms with E-state index in [2.05, 4.69) is 18.2 Å². The summed E-state index contributed by atoms with van der Waals surface area (Å²) in [4.78, 5) is 1.28. The fourth-order valence-electron chi connectivity index (χ4n) is 1.25. The van der Waals surface area contributed by atoms with Crippen LogP contribution in [-0.2, 0) is 5.75 Å². The van der Waals surface area contributed by atoms with Crippen LogP contribution >= 0.6 is 23.4 Å².